The van der Waals surface area contributed by atoms with Gasteiger partial charge in [-0.25, -0.2) is 0 Å². The number of rotatable bonds is 5. The Morgan fingerprint density at radius 2 is 2.05 bits per heavy atom. The zero-order chi connectivity index (χ0) is 15.6. The Labute approximate surface area is 142 Å². The molecule has 3 nitrogen and oxygen atoms in total. The van der Waals surface area contributed by atoms with Crippen molar-refractivity contribution < 1.29 is 4.79 Å². The first kappa shape index (κ1) is 16.5. The molecule has 112 valence electrons. The third-order valence-electron chi connectivity index (χ3n) is 3.25. The fourth-order valence-corrected chi connectivity index (χ4v) is 3.37. The summed E-state index contributed by atoms with van der Waals surface area (Å²) in [4.78, 5) is 12.5. The second kappa shape index (κ2) is 6.95. The summed E-state index contributed by atoms with van der Waals surface area (Å²) in [5.41, 5.74) is 2.32. The van der Waals surface area contributed by atoms with Crippen LogP contribution in [-0.2, 0) is 19.4 Å². The molecule has 0 aliphatic carbocycles. The predicted octanol–water partition coefficient (Wildman–Crippen LogP) is 4.96. The first-order chi connectivity index (χ1) is 9.97. The highest BCUT2D eigenvalue weighted by Gasteiger charge is 2.19. The highest BCUT2D eigenvalue weighted by Crippen LogP contribution is 2.26. The van der Waals surface area contributed by atoms with Crippen molar-refractivity contribution in [1.82, 2.24) is 9.78 Å². The molecule has 0 aliphatic rings. The van der Waals surface area contributed by atoms with Crippen molar-refractivity contribution in [3.63, 3.8) is 0 Å². The summed E-state index contributed by atoms with van der Waals surface area (Å²) in [7, 11) is 0. The zero-order valence-electron chi connectivity index (χ0n) is 11.8. The van der Waals surface area contributed by atoms with Crippen molar-refractivity contribution in [2.24, 2.45) is 0 Å². The molecule has 0 fully saturated rings. The van der Waals surface area contributed by atoms with Crippen molar-refractivity contribution in [3.8, 4) is 0 Å². The summed E-state index contributed by atoms with van der Waals surface area (Å²) >= 11 is 15.5. The molecule has 0 aliphatic heterocycles. The van der Waals surface area contributed by atoms with Crippen LogP contribution in [-0.4, -0.2) is 15.6 Å². The highest BCUT2D eigenvalue weighted by molar-refractivity contribution is 9.10. The second-order valence-corrected chi connectivity index (χ2v) is 6.24. The quantitative estimate of drug-likeness (QED) is 0.677. The SMILES string of the molecule is CCc1nn(CC)c(CC(=O)c2ccc(Cl)cc2Cl)c1Br. The van der Waals surface area contributed by atoms with Crippen LogP contribution in [0.4, 0.5) is 0 Å². The summed E-state index contributed by atoms with van der Waals surface area (Å²) in [6.45, 7) is 4.76. The van der Waals surface area contributed by atoms with Gasteiger partial charge in [0.05, 0.1) is 27.3 Å². The Balaban J connectivity index is 2.33. The Morgan fingerprint density at radius 1 is 1.33 bits per heavy atom. The first-order valence-electron chi connectivity index (χ1n) is 6.70. The van der Waals surface area contributed by atoms with E-state index in [1.54, 1.807) is 18.2 Å². The fourth-order valence-electron chi connectivity index (χ4n) is 2.15. The summed E-state index contributed by atoms with van der Waals surface area (Å²) in [6, 6.07) is 4.92. The van der Waals surface area contributed by atoms with Crippen molar-refractivity contribution in [3.05, 3.63) is 49.7 Å². The van der Waals surface area contributed by atoms with E-state index < -0.39 is 0 Å². The number of ketones is 1. The van der Waals surface area contributed by atoms with Gasteiger partial charge in [-0.15, -0.1) is 0 Å². The average Bonchev–Trinajstić information content (AvgIpc) is 2.75. The number of aryl methyl sites for hydroxylation is 2. The molecule has 2 aromatic rings. The van der Waals surface area contributed by atoms with Crippen LogP contribution in [0.15, 0.2) is 22.7 Å². The molecule has 1 aromatic heterocycles. The van der Waals surface area contributed by atoms with Crippen LogP contribution in [0.2, 0.25) is 10.0 Å². The average molecular weight is 390 g/mol. The number of carbonyl (C=O) groups is 1. The molecule has 1 heterocycles. The Morgan fingerprint density at radius 3 is 2.62 bits per heavy atom. The van der Waals surface area contributed by atoms with E-state index in [0.717, 1.165) is 28.8 Å². The van der Waals surface area contributed by atoms with Crippen molar-refractivity contribution in [2.45, 2.75) is 33.2 Å². The normalized spacial score (nSPS) is 10.9. The third-order valence-corrected chi connectivity index (χ3v) is 4.72. The van der Waals surface area contributed by atoms with E-state index in [9.17, 15) is 4.79 Å². The van der Waals surface area contributed by atoms with E-state index in [1.165, 1.54) is 0 Å². The summed E-state index contributed by atoms with van der Waals surface area (Å²) in [5.74, 6) is -0.0466. The second-order valence-electron chi connectivity index (χ2n) is 4.60. The molecule has 0 unspecified atom stereocenters. The fraction of sp³-hybridized carbons (Fsp3) is 0.333. The lowest BCUT2D eigenvalue weighted by Gasteiger charge is -2.07. The Bertz CT molecular complexity index is 683. The van der Waals surface area contributed by atoms with Crippen molar-refractivity contribution in [1.29, 1.82) is 0 Å². The van der Waals surface area contributed by atoms with Gasteiger partial charge in [-0.1, -0.05) is 30.1 Å². The number of hydrogen-bond donors (Lipinski definition) is 0. The Hall–Kier alpha value is -0.840. The largest absolute Gasteiger partial charge is 0.294 e. The first-order valence-corrected chi connectivity index (χ1v) is 8.25. The van der Waals surface area contributed by atoms with Gasteiger partial charge in [0.15, 0.2) is 5.78 Å². The van der Waals surface area contributed by atoms with Gasteiger partial charge in [-0.2, -0.15) is 5.10 Å². The molecule has 6 heteroatoms. The number of carbonyl (C=O) groups excluding carboxylic acids is 1. The molecular formula is C15H15BrCl2N2O. The van der Waals surface area contributed by atoms with Crippen LogP contribution in [0.3, 0.4) is 0 Å². The number of hydrogen-bond acceptors (Lipinski definition) is 2. The van der Waals surface area contributed by atoms with E-state index >= 15 is 0 Å². The minimum atomic E-state index is -0.0466. The molecule has 0 bridgehead atoms. The monoisotopic (exact) mass is 388 g/mol. The number of nitrogens with zero attached hydrogens (tertiary/aromatic N) is 2. The molecule has 0 atom stereocenters. The molecule has 2 rings (SSSR count). The Kier molecular flexibility index (Phi) is 5.47. The molecule has 1 aromatic carbocycles. The minimum absolute atomic E-state index is 0.0466. The van der Waals surface area contributed by atoms with Crippen LogP contribution < -0.4 is 0 Å². The van der Waals surface area contributed by atoms with Crippen LogP contribution in [0, 0.1) is 0 Å². The molecular weight excluding hydrogens is 375 g/mol. The van der Waals surface area contributed by atoms with Gasteiger partial charge in [-0.05, 0) is 47.5 Å². The van der Waals surface area contributed by atoms with Gasteiger partial charge in [0, 0.05) is 17.1 Å². The van der Waals surface area contributed by atoms with Crippen LogP contribution in [0.25, 0.3) is 0 Å². The molecule has 0 N–H and O–H groups in total. The van der Waals surface area contributed by atoms with Gasteiger partial charge in [0.2, 0.25) is 0 Å². The van der Waals surface area contributed by atoms with Crippen LogP contribution in [0.1, 0.15) is 35.6 Å². The molecule has 21 heavy (non-hydrogen) atoms. The van der Waals surface area contributed by atoms with Crippen molar-refractivity contribution >= 4 is 44.9 Å². The molecule has 0 saturated carbocycles. The lowest BCUT2D eigenvalue weighted by atomic mass is 10.1. The minimum Gasteiger partial charge on any atom is -0.294 e. The van der Waals surface area contributed by atoms with E-state index in [1.807, 2.05) is 18.5 Å². The molecule has 0 amide bonds. The smallest absolute Gasteiger partial charge is 0.170 e. The topological polar surface area (TPSA) is 34.9 Å². The van der Waals surface area contributed by atoms with Gasteiger partial charge < -0.3 is 0 Å². The van der Waals surface area contributed by atoms with E-state index in [2.05, 4.69) is 21.0 Å². The summed E-state index contributed by atoms with van der Waals surface area (Å²) in [5, 5.41) is 5.39. The predicted molar refractivity (Wildman–Crippen MR) is 89.5 cm³/mol. The lowest BCUT2D eigenvalue weighted by molar-refractivity contribution is 0.0990. The molecule has 0 saturated heterocycles. The van der Waals surface area contributed by atoms with Gasteiger partial charge in [0.1, 0.15) is 0 Å². The van der Waals surface area contributed by atoms with E-state index in [-0.39, 0.29) is 12.2 Å². The van der Waals surface area contributed by atoms with E-state index in [4.69, 9.17) is 23.2 Å². The van der Waals surface area contributed by atoms with Gasteiger partial charge >= 0.3 is 0 Å². The number of benzene rings is 1. The summed E-state index contributed by atoms with van der Waals surface area (Å²) in [6.07, 6.45) is 1.07. The van der Waals surface area contributed by atoms with Gasteiger partial charge in [0.25, 0.3) is 0 Å². The highest BCUT2D eigenvalue weighted by atomic mass is 79.9. The maximum atomic E-state index is 12.5. The molecule has 0 radical (unpaired) electrons. The van der Waals surface area contributed by atoms with Crippen LogP contribution in [0.5, 0.6) is 0 Å². The molecule has 0 spiro atoms. The third kappa shape index (κ3) is 3.50. The van der Waals surface area contributed by atoms with E-state index in [0.29, 0.717) is 15.6 Å². The van der Waals surface area contributed by atoms with Crippen LogP contribution >= 0.6 is 39.1 Å². The van der Waals surface area contributed by atoms with Crippen molar-refractivity contribution in [2.75, 3.05) is 0 Å². The lowest BCUT2D eigenvalue weighted by Crippen LogP contribution is -2.10. The maximum Gasteiger partial charge on any atom is 0.170 e. The zero-order valence-corrected chi connectivity index (χ0v) is 14.9. The summed E-state index contributed by atoms with van der Waals surface area (Å²) < 4.78 is 2.76. The number of aromatic nitrogens is 2. The standard InChI is InChI=1S/C15H15BrCl2N2O/c1-3-12-15(16)13(20(4-2)19-12)8-14(21)10-6-5-9(17)7-11(10)18/h5-7H,3-4,8H2,1-2H3. The number of Topliss-reactive ketones (excluding diaryl/α,β-unsaturated/α-hetero) is 1. The number of halogens is 3. The van der Waals surface area contributed by atoms with Gasteiger partial charge in [-0.3, -0.25) is 9.48 Å². The maximum absolute atomic E-state index is 12.5.